The van der Waals surface area contributed by atoms with Crippen LogP contribution in [0.25, 0.3) is 0 Å². The number of aldehydes is 1. The predicted octanol–water partition coefficient (Wildman–Crippen LogP) is 0.999. The van der Waals surface area contributed by atoms with Crippen LogP contribution in [0.1, 0.15) is 20.8 Å². The van der Waals surface area contributed by atoms with E-state index in [9.17, 15) is 4.79 Å². The molecule has 0 aliphatic heterocycles. The molecule has 48 valence electrons. The highest BCUT2D eigenvalue weighted by molar-refractivity contribution is 5.55. The summed E-state index contributed by atoms with van der Waals surface area (Å²) in [6.07, 6.45) is 0.685. The average Bonchev–Trinajstić information content (AvgIpc) is 1.65. The number of ether oxygens (including phenoxy) is 1. The van der Waals surface area contributed by atoms with Crippen LogP contribution in [-0.4, -0.2) is 18.5 Å². The van der Waals surface area contributed by atoms with Crippen LogP contribution in [-0.2, 0) is 9.53 Å². The Labute approximate surface area is 49.8 Å². The van der Waals surface area contributed by atoms with Gasteiger partial charge in [0.15, 0.2) is 0 Å². The van der Waals surface area contributed by atoms with E-state index >= 15 is 0 Å². The van der Waals surface area contributed by atoms with Gasteiger partial charge in [-0.25, -0.2) is 0 Å². The zero-order valence-electron chi connectivity index (χ0n) is 5.55. The first-order chi connectivity index (χ1) is 3.66. The first-order valence-electron chi connectivity index (χ1n) is 2.77. The molecule has 0 bridgehead atoms. The smallest absolute Gasteiger partial charge is 0.148 e. The van der Waals surface area contributed by atoms with Gasteiger partial charge in [-0.05, 0) is 20.8 Å². The number of hydrogen-bond acceptors (Lipinski definition) is 2. The summed E-state index contributed by atoms with van der Waals surface area (Å²) >= 11 is 0. The Morgan fingerprint density at radius 3 is 2.00 bits per heavy atom. The maximum Gasteiger partial charge on any atom is 0.148 e. The van der Waals surface area contributed by atoms with E-state index in [0.717, 1.165) is 6.29 Å². The third kappa shape index (κ3) is 3.81. The van der Waals surface area contributed by atoms with Gasteiger partial charge in [-0.3, -0.25) is 0 Å². The summed E-state index contributed by atoms with van der Waals surface area (Å²) < 4.78 is 5.03. The molecule has 0 radical (unpaired) electrons. The Morgan fingerprint density at radius 2 is 1.88 bits per heavy atom. The lowest BCUT2D eigenvalue weighted by Crippen LogP contribution is -2.14. The molecule has 1 unspecified atom stereocenters. The lowest BCUT2D eigenvalue weighted by molar-refractivity contribution is -0.119. The zero-order chi connectivity index (χ0) is 6.57. The van der Waals surface area contributed by atoms with Crippen molar-refractivity contribution in [3.8, 4) is 0 Å². The van der Waals surface area contributed by atoms with Crippen molar-refractivity contribution >= 4 is 6.29 Å². The van der Waals surface area contributed by atoms with Crippen LogP contribution in [0.3, 0.4) is 0 Å². The molecule has 0 saturated carbocycles. The fraction of sp³-hybridized carbons (Fsp3) is 0.833. The minimum absolute atomic E-state index is 0.148. The van der Waals surface area contributed by atoms with Crippen LogP contribution in [0.15, 0.2) is 0 Å². The van der Waals surface area contributed by atoms with Crippen molar-refractivity contribution in [2.24, 2.45) is 0 Å². The van der Waals surface area contributed by atoms with E-state index in [-0.39, 0.29) is 12.2 Å². The van der Waals surface area contributed by atoms with E-state index in [4.69, 9.17) is 4.74 Å². The standard InChI is InChI=1S/C6H12O2/c1-5(2)8-6(3)4-7/h4-6H,1-3H3. The predicted molar refractivity (Wildman–Crippen MR) is 31.7 cm³/mol. The molecule has 0 aliphatic carbocycles. The van der Waals surface area contributed by atoms with Gasteiger partial charge in [-0.2, -0.15) is 0 Å². The Morgan fingerprint density at radius 1 is 1.38 bits per heavy atom. The molecule has 2 heteroatoms. The number of carbonyl (C=O) groups excluding carboxylic acids is 1. The average molecular weight is 116 g/mol. The van der Waals surface area contributed by atoms with Crippen LogP contribution >= 0.6 is 0 Å². The van der Waals surface area contributed by atoms with Gasteiger partial charge in [0, 0.05) is 0 Å². The Balaban J connectivity index is 3.23. The van der Waals surface area contributed by atoms with Crippen LogP contribution in [0.4, 0.5) is 0 Å². The first kappa shape index (κ1) is 7.63. The van der Waals surface area contributed by atoms with Crippen LogP contribution in [0.5, 0.6) is 0 Å². The Hall–Kier alpha value is -0.370. The van der Waals surface area contributed by atoms with Crippen molar-refractivity contribution in [3.63, 3.8) is 0 Å². The second-order valence-electron chi connectivity index (χ2n) is 2.03. The maximum absolute atomic E-state index is 9.92. The molecule has 0 rings (SSSR count). The van der Waals surface area contributed by atoms with E-state index in [1.807, 2.05) is 13.8 Å². The summed E-state index contributed by atoms with van der Waals surface area (Å²) in [4.78, 5) is 9.92. The highest BCUT2D eigenvalue weighted by atomic mass is 16.5. The quantitative estimate of drug-likeness (QED) is 0.514. The fourth-order valence-corrected chi connectivity index (χ4v) is 0.461. The van der Waals surface area contributed by atoms with E-state index < -0.39 is 0 Å². The van der Waals surface area contributed by atoms with Crippen LogP contribution < -0.4 is 0 Å². The molecule has 0 fully saturated rings. The summed E-state index contributed by atoms with van der Waals surface area (Å²) in [5.74, 6) is 0. The van der Waals surface area contributed by atoms with E-state index in [1.165, 1.54) is 0 Å². The van der Waals surface area contributed by atoms with Gasteiger partial charge in [0.05, 0.1) is 6.10 Å². The van der Waals surface area contributed by atoms with Crippen molar-refractivity contribution < 1.29 is 9.53 Å². The van der Waals surface area contributed by atoms with Gasteiger partial charge in [0.25, 0.3) is 0 Å². The molecule has 1 atom stereocenters. The normalized spacial score (nSPS) is 14.0. The summed E-state index contributed by atoms with van der Waals surface area (Å²) in [7, 11) is 0. The molecule has 8 heavy (non-hydrogen) atoms. The van der Waals surface area contributed by atoms with Gasteiger partial charge in [-0.1, -0.05) is 0 Å². The molecule has 0 amide bonds. The summed E-state index contributed by atoms with van der Waals surface area (Å²) in [5, 5.41) is 0. The van der Waals surface area contributed by atoms with Crippen molar-refractivity contribution in [2.75, 3.05) is 0 Å². The third-order valence-corrected chi connectivity index (χ3v) is 0.678. The monoisotopic (exact) mass is 116 g/mol. The molecule has 0 aliphatic rings. The van der Waals surface area contributed by atoms with Crippen molar-refractivity contribution in [1.82, 2.24) is 0 Å². The molecule has 0 heterocycles. The van der Waals surface area contributed by atoms with Crippen LogP contribution in [0.2, 0.25) is 0 Å². The molecule has 0 spiro atoms. The highest BCUT2D eigenvalue weighted by Crippen LogP contribution is 1.92. The molecule has 0 N–H and O–H groups in total. The molecule has 0 aromatic rings. The fourth-order valence-electron chi connectivity index (χ4n) is 0.461. The van der Waals surface area contributed by atoms with E-state index in [2.05, 4.69) is 0 Å². The van der Waals surface area contributed by atoms with Gasteiger partial charge in [0.1, 0.15) is 12.4 Å². The highest BCUT2D eigenvalue weighted by Gasteiger charge is 1.99. The topological polar surface area (TPSA) is 26.3 Å². The molecular weight excluding hydrogens is 104 g/mol. The van der Waals surface area contributed by atoms with Crippen molar-refractivity contribution in [2.45, 2.75) is 33.0 Å². The van der Waals surface area contributed by atoms with Crippen LogP contribution in [0, 0.1) is 0 Å². The lowest BCUT2D eigenvalue weighted by Gasteiger charge is -2.08. The number of carbonyl (C=O) groups is 1. The molecule has 0 aromatic heterocycles. The molecular formula is C6H12O2. The number of hydrogen-bond donors (Lipinski definition) is 0. The van der Waals surface area contributed by atoms with Crippen molar-refractivity contribution in [1.29, 1.82) is 0 Å². The van der Waals surface area contributed by atoms with E-state index in [0.29, 0.717) is 0 Å². The SMILES string of the molecule is CC(C)OC(C)C=O. The minimum Gasteiger partial charge on any atom is -0.368 e. The molecule has 0 saturated heterocycles. The molecule has 2 nitrogen and oxygen atoms in total. The Bertz CT molecular complexity index is 68.9. The second-order valence-corrected chi connectivity index (χ2v) is 2.03. The maximum atomic E-state index is 9.92. The van der Waals surface area contributed by atoms with Crippen molar-refractivity contribution in [3.05, 3.63) is 0 Å². The minimum atomic E-state index is -0.255. The van der Waals surface area contributed by atoms with Gasteiger partial charge >= 0.3 is 0 Å². The molecule has 0 aromatic carbocycles. The third-order valence-electron chi connectivity index (χ3n) is 0.678. The largest absolute Gasteiger partial charge is 0.368 e. The number of rotatable bonds is 3. The van der Waals surface area contributed by atoms with Gasteiger partial charge in [0.2, 0.25) is 0 Å². The van der Waals surface area contributed by atoms with Gasteiger partial charge < -0.3 is 9.53 Å². The second kappa shape index (κ2) is 3.61. The lowest BCUT2D eigenvalue weighted by atomic mass is 10.4. The first-order valence-corrected chi connectivity index (χ1v) is 2.77. The summed E-state index contributed by atoms with van der Waals surface area (Å²) in [6, 6.07) is 0. The zero-order valence-corrected chi connectivity index (χ0v) is 5.55. The summed E-state index contributed by atoms with van der Waals surface area (Å²) in [5.41, 5.74) is 0. The Kier molecular flexibility index (Phi) is 3.44. The van der Waals surface area contributed by atoms with E-state index in [1.54, 1.807) is 6.92 Å². The summed E-state index contributed by atoms with van der Waals surface area (Å²) in [6.45, 7) is 5.53. The van der Waals surface area contributed by atoms with Gasteiger partial charge in [-0.15, -0.1) is 0 Å².